The van der Waals surface area contributed by atoms with Gasteiger partial charge in [0.2, 0.25) is 0 Å². The maximum Gasteiger partial charge on any atom is 0.353 e. The van der Waals surface area contributed by atoms with Crippen LogP contribution in [0.4, 0.5) is 0 Å². The Morgan fingerprint density at radius 1 is 1.60 bits per heavy atom. The Morgan fingerprint density at radius 3 is 3.00 bits per heavy atom. The maximum absolute atomic E-state index is 10.6. The van der Waals surface area contributed by atoms with E-state index in [1.54, 1.807) is 6.20 Å². The highest BCUT2D eigenvalue weighted by molar-refractivity contribution is 5.85. The Bertz CT molecular complexity index is 486. The zero-order valence-electron chi connectivity index (χ0n) is 8.14. The van der Waals surface area contributed by atoms with E-state index in [0.29, 0.717) is 11.6 Å². The maximum atomic E-state index is 10.6. The van der Waals surface area contributed by atoms with Crippen molar-refractivity contribution in [3.05, 3.63) is 24.3 Å². The topological polar surface area (TPSA) is 83.8 Å². The summed E-state index contributed by atoms with van der Waals surface area (Å²) in [5, 5.41) is 8.72. The van der Waals surface area contributed by atoms with Crippen LogP contribution in [0.3, 0.4) is 0 Å². The summed E-state index contributed by atoms with van der Waals surface area (Å²) in [4.78, 5) is 21.4. The zero-order valence-corrected chi connectivity index (χ0v) is 8.14. The van der Waals surface area contributed by atoms with E-state index in [1.807, 2.05) is 17.7 Å². The molecule has 0 unspecified atom stereocenters. The van der Waals surface area contributed by atoms with Gasteiger partial charge in [0.25, 0.3) is 0 Å². The van der Waals surface area contributed by atoms with Gasteiger partial charge in [0.15, 0.2) is 11.6 Å². The fraction of sp³-hybridized carbons (Fsp3) is 0.222. The largest absolute Gasteiger partial charge is 0.477 e. The van der Waals surface area contributed by atoms with Gasteiger partial charge in [-0.05, 0) is 6.92 Å². The summed E-state index contributed by atoms with van der Waals surface area (Å²) in [6, 6.07) is 0. The lowest BCUT2D eigenvalue weighted by atomic mass is 10.5. The van der Waals surface area contributed by atoms with Crippen LogP contribution in [0.5, 0.6) is 0 Å². The molecule has 0 aromatic carbocycles. The van der Waals surface area contributed by atoms with Gasteiger partial charge >= 0.3 is 5.97 Å². The van der Waals surface area contributed by atoms with Crippen molar-refractivity contribution in [2.24, 2.45) is 0 Å². The normalized spacial score (nSPS) is 10.5. The fourth-order valence-corrected chi connectivity index (χ4v) is 1.33. The second-order valence-electron chi connectivity index (χ2n) is 2.99. The van der Waals surface area contributed by atoms with Crippen molar-refractivity contribution >= 4 is 5.97 Å². The predicted octanol–water partition coefficient (Wildman–Crippen LogP) is 0.991. The minimum atomic E-state index is -1.02. The number of aromatic nitrogens is 4. The van der Waals surface area contributed by atoms with Crippen LogP contribution >= 0.6 is 0 Å². The number of aromatic carboxylic acids is 1. The third-order valence-electron chi connectivity index (χ3n) is 2.07. The number of rotatable bonds is 3. The number of nitrogens with zero attached hydrogens (tertiary/aromatic N) is 3. The number of carboxylic acid groups (broad SMARTS) is 1. The summed E-state index contributed by atoms with van der Waals surface area (Å²) in [6.07, 6.45) is 4.76. The lowest BCUT2D eigenvalue weighted by Gasteiger charge is -2.00. The molecule has 6 heteroatoms. The molecule has 2 aromatic rings. The minimum Gasteiger partial charge on any atom is -0.477 e. The van der Waals surface area contributed by atoms with E-state index < -0.39 is 5.97 Å². The summed E-state index contributed by atoms with van der Waals surface area (Å²) in [6.45, 7) is 2.74. The molecule has 2 aromatic heterocycles. The van der Waals surface area contributed by atoms with Crippen LogP contribution < -0.4 is 0 Å². The molecular formula is C9H10N4O2. The van der Waals surface area contributed by atoms with Crippen molar-refractivity contribution in [1.82, 2.24) is 19.5 Å². The van der Waals surface area contributed by atoms with Crippen LogP contribution in [0.2, 0.25) is 0 Å². The van der Waals surface area contributed by atoms with Crippen LogP contribution in [-0.4, -0.2) is 30.6 Å². The third-order valence-corrected chi connectivity index (χ3v) is 2.07. The van der Waals surface area contributed by atoms with Gasteiger partial charge < -0.3 is 14.7 Å². The molecule has 0 saturated carbocycles. The molecule has 0 saturated heterocycles. The molecule has 0 bridgehead atoms. The summed E-state index contributed by atoms with van der Waals surface area (Å²) in [5.41, 5.74) is 0.0654. The van der Waals surface area contributed by atoms with Gasteiger partial charge in [0.05, 0.1) is 6.20 Å². The Hall–Kier alpha value is -2.11. The van der Waals surface area contributed by atoms with E-state index in [2.05, 4.69) is 15.0 Å². The standard InChI is InChI=1S/C9H10N4O2/c1-2-13-4-3-10-8(13)7-11-5-6(12-7)9(14)15/h3-5H,2H2,1H3,(H,11,12)(H,14,15). The molecule has 0 aliphatic heterocycles. The van der Waals surface area contributed by atoms with E-state index in [4.69, 9.17) is 5.11 Å². The predicted molar refractivity (Wildman–Crippen MR) is 52.4 cm³/mol. The van der Waals surface area contributed by atoms with Crippen LogP contribution in [0.25, 0.3) is 11.6 Å². The molecule has 0 fully saturated rings. The molecule has 78 valence electrons. The summed E-state index contributed by atoms with van der Waals surface area (Å²) in [5.74, 6) is 0.0904. The third kappa shape index (κ3) is 1.61. The van der Waals surface area contributed by atoms with Crippen LogP contribution in [-0.2, 0) is 6.54 Å². The van der Waals surface area contributed by atoms with E-state index in [9.17, 15) is 4.79 Å². The van der Waals surface area contributed by atoms with Crippen molar-refractivity contribution in [3.8, 4) is 11.6 Å². The highest BCUT2D eigenvalue weighted by Gasteiger charge is 2.11. The molecule has 0 aliphatic rings. The van der Waals surface area contributed by atoms with Gasteiger partial charge in [-0.2, -0.15) is 0 Å². The first-order valence-electron chi connectivity index (χ1n) is 4.52. The number of aryl methyl sites for hydroxylation is 1. The van der Waals surface area contributed by atoms with Crippen LogP contribution in [0.1, 0.15) is 17.4 Å². The Kier molecular flexibility index (Phi) is 2.24. The number of hydrogen-bond donors (Lipinski definition) is 2. The first-order valence-corrected chi connectivity index (χ1v) is 4.52. The molecule has 0 amide bonds. The molecule has 0 spiro atoms. The van der Waals surface area contributed by atoms with Gasteiger partial charge in [0, 0.05) is 18.9 Å². The lowest BCUT2D eigenvalue weighted by Crippen LogP contribution is -1.99. The van der Waals surface area contributed by atoms with Gasteiger partial charge in [-0.3, -0.25) is 0 Å². The van der Waals surface area contributed by atoms with Gasteiger partial charge in [-0.25, -0.2) is 14.8 Å². The smallest absolute Gasteiger partial charge is 0.353 e. The number of hydrogen-bond acceptors (Lipinski definition) is 3. The number of H-pyrrole nitrogens is 1. The second-order valence-corrected chi connectivity index (χ2v) is 2.99. The van der Waals surface area contributed by atoms with Crippen molar-refractivity contribution < 1.29 is 9.90 Å². The molecule has 0 radical (unpaired) electrons. The highest BCUT2D eigenvalue weighted by atomic mass is 16.4. The Balaban J connectivity index is 2.41. The first-order chi connectivity index (χ1) is 7.22. The van der Waals surface area contributed by atoms with Crippen molar-refractivity contribution in [2.45, 2.75) is 13.5 Å². The number of carboxylic acids is 1. The molecule has 2 heterocycles. The lowest BCUT2D eigenvalue weighted by molar-refractivity contribution is 0.0691. The molecule has 15 heavy (non-hydrogen) atoms. The van der Waals surface area contributed by atoms with Gasteiger partial charge in [0.1, 0.15) is 5.69 Å². The molecule has 0 aliphatic carbocycles. The molecular weight excluding hydrogens is 196 g/mol. The Morgan fingerprint density at radius 2 is 2.40 bits per heavy atom. The van der Waals surface area contributed by atoms with E-state index >= 15 is 0 Å². The quantitative estimate of drug-likeness (QED) is 0.784. The summed E-state index contributed by atoms with van der Waals surface area (Å²) >= 11 is 0. The molecule has 6 nitrogen and oxygen atoms in total. The average molecular weight is 206 g/mol. The monoisotopic (exact) mass is 206 g/mol. The van der Waals surface area contributed by atoms with Crippen LogP contribution in [0, 0.1) is 0 Å². The number of carbonyl (C=O) groups is 1. The van der Waals surface area contributed by atoms with Gasteiger partial charge in [-0.15, -0.1) is 0 Å². The molecule has 2 rings (SSSR count). The zero-order chi connectivity index (χ0) is 10.8. The second kappa shape index (κ2) is 3.56. The molecule has 0 atom stereocenters. The summed E-state index contributed by atoms with van der Waals surface area (Å²) in [7, 11) is 0. The minimum absolute atomic E-state index is 0.0654. The van der Waals surface area contributed by atoms with E-state index in [0.717, 1.165) is 6.54 Å². The van der Waals surface area contributed by atoms with Crippen molar-refractivity contribution in [3.63, 3.8) is 0 Å². The number of nitrogens with one attached hydrogen (secondary N) is 1. The fourth-order valence-electron chi connectivity index (χ4n) is 1.33. The van der Waals surface area contributed by atoms with Crippen molar-refractivity contribution in [2.75, 3.05) is 0 Å². The first kappa shape index (κ1) is 9.45. The van der Waals surface area contributed by atoms with Crippen LogP contribution in [0.15, 0.2) is 18.6 Å². The van der Waals surface area contributed by atoms with Gasteiger partial charge in [-0.1, -0.05) is 0 Å². The summed E-state index contributed by atoms with van der Waals surface area (Å²) < 4.78 is 1.88. The molecule has 2 N–H and O–H groups in total. The van der Waals surface area contributed by atoms with E-state index in [-0.39, 0.29) is 5.69 Å². The van der Waals surface area contributed by atoms with E-state index in [1.165, 1.54) is 6.20 Å². The highest BCUT2D eigenvalue weighted by Crippen LogP contribution is 2.13. The van der Waals surface area contributed by atoms with Crippen molar-refractivity contribution in [1.29, 1.82) is 0 Å². The average Bonchev–Trinajstić information content (AvgIpc) is 2.85. The number of imidazole rings is 2. The Labute approximate surface area is 85.6 Å². The SMILES string of the molecule is CCn1ccnc1-c1ncc(C(=O)O)[nH]1. The number of aromatic amines is 1.